The van der Waals surface area contributed by atoms with Gasteiger partial charge in [0.25, 0.3) is 10.2 Å². The van der Waals surface area contributed by atoms with Gasteiger partial charge in [0.15, 0.2) is 0 Å². The molecule has 120 valence electrons. The van der Waals surface area contributed by atoms with Crippen molar-refractivity contribution in [1.29, 1.82) is 0 Å². The average Bonchev–Trinajstić information content (AvgIpc) is 3.13. The molecule has 2 N–H and O–H groups in total. The van der Waals surface area contributed by atoms with Gasteiger partial charge >= 0.3 is 5.51 Å². The first-order chi connectivity index (χ1) is 9.21. The number of hydrogen-bond donors (Lipinski definition) is 2. The van der Waals surface area contributed by atoms with Crippen LogP contribution in [0, 0.1) is 0 Å². The molecule has 10 heteroatoms. The highest BCUT2D eigenvalue weighted by Crippen LogP contribution is 2.29. The van der Waals surface area contributed by atoms with Crippen LogP contribution in [0.25, 0.3) is 0 Å². The van der Waals surface area contributed by atoms with Crippen molar-refractivity contribution >= 4 is 22.0 Å². The summed E-state index contributed by atoms with van der Waals surface area (Å²) >= 11 is -0.238. The van der Waals surface area contributed by atoms with Crippen LogP contribution >= 0.6 is 11.8 Å². The molecule has 0 unspecified atom stereocenters. The van der Waals surface area contributed by atoms with Crippen LogP contribution in [-0.4, -0.2) is 56.7 Å². The highest BCUT2D eigenvalue weighted by Gasteiger charge is 2.28. The van der Waals surface area contributed by atoms with Crippen LogP contribution in [0.4, 0.5) is 13.2 Å². The first-order valence-corrected chi connectivity index (χ1v) is 8.78. The Morgan fingerprint density at radius 3 is 2.50 bits per heavy atom. The van der Waals surface area contributed by atoms with E-state index in [-0.39, 0.29) is 24.1 Å². The number of halogens is 3. The molecule has 0 spiro atoms. The average molecular weight is 335 g/mol. The lowest BCUT2D eigenvalue weighted by molar-refractivity contribution is -0.0327. The summed E-state index contributed by atoms with van der Waals surface area (Å²) in [5, 5.41) is 3.26. The monoisotopic (exact) mass is 335 g/mol. The molecule has 1 aliphatic carbocycles. The van der Waals surface area contributed by atoms with E-state index in [1.807, 2.05) is 0 Å². The zero-order valence-electron chi connectivity index (χ0n) is 11.2. The Morgan fingerprint density at radius 1 is 1.30 bits per heavy atom. The van der Waals surface area contributed by atoms with Gasteiger partial charge in [-0.05, 0) is 37.6 Å². The number of hydrogen-bond acceptors (Lipinski definition) is 4. The fourth-order valence-corrected chi connectivity index (χ4v) is 2.98. The number of alkyl halides is 3. The molecule has 20 heavy (non-hydrogen) atoms. The normalized spacial score (nSPS) is 16.9. The lowest BCUT2D eigenvalue weighted by Gasteiger charge is -2.17. The summed E-state index contributed by atoms with van der Waals surface area (Å²) in [7, 11) is -2.28. The van der Waals surface area contributed by atoms with Crippen molar-refractivity contribution < 1.29 is 21.6 Å². The molecule has 1 fully saturated rings. The van der Waals surface area contributed by atoms with E-state index in [9.17, 15) is 21.6 Å². The summed E-state index contributed by atoms with van der Waals surface area (Å²) in [4.78, 5) is 0. The van der Waals surface area contributed by atoms with Crippen LogP contribution in [0.5, 0.6) is 0 Å². The van der Waals surface area contributed by atoms with Crippen LogP contribution in [0.3, 0.4) is 0 Å². The van der Waals surface area contributed by atoms with Crippen molar-refractivity contribution in [2.45, 2.75) is 30.8 Å². The van der Waals surface area contributed by atoms with E-state index < -0.39 is 15.7 Å². The third-order valence-corrected chi connectivity index (χ3v) is 5.03. The second-order valence-electron chi connectivity index (χ2n) is 4.60. The molecule has 0 saturated heterocycles. The molecular formula is C10H20F3N3O2S2. The SMILES string of the molecule is CN(CCCNC1CC1)S(=O)(=O)NCCSC(F)(F)F. The van der Waals surface area contributed by atoms with E-state index in [2.05, 4.69) is 10.0 Å². The van der Waals surface area contributed by atoms with Crippen LogP contribution in [0.1, 0.15) is 19.3 Å². The molecule has 1 aliphatic rings. The minimum absolute atomic E-state index is 0.238. The maximum absolute atomic E-state index is 11.9. The maximum atomic E-state index is 11.9. The Bertz CT molecular complexity index is 386. The van der Waals surface area contributed by atoms with Gasteiger partial charge in [0.2, 0.25) is 0 Å². The van der Waals surface area contributed by atoms with E-state index in [1.54, 1.807) is 0 Å². The molecule has 0 aliphatic heterocycles. The zero-order valence-corrected chi connectivity index (χ0v) is 12.9. The molecule has 0 radical (unpaired) electrons. The van der Waals surface area contributed by atoms with E-state index in [0.29, 0.717) is 19.0 Å². The van der Waals surface area contributed by atoms with Gasteiger partial charge in [-0.3, -0.25) is 0 Å². The van der Waals surface area contributed by atoms with Crippen molar-refractivity contribution in [3.8, 4) is 0 Å². The Labute approximate surface area is 121 Å². The van der Waals surface area contributed by atoms with Crippen molar-refractivity contribution in [1.82, 2.24) is 14.3 Å². The van der Waals surface area contributed by atoms with Crippen molar-refractivity contribution in [3.63, 3.8) is 0 Å². The Kier molecular flexibility index (Phi) is 7.06. The summed E-state index contributed by atoms with van der Waals surface area (Å²) in [6.07, 6.45) is 3.02. The first kappa shape index (κ1) is 18.0. The molecule has 0 atom stereocenters. The molecule has 1 saturated carbocycles. The number of nitrogens with zero attached hydrogens (tertiary/aromatic N) is 1. The minimum Gasteiger partial charge on any atom is -0.314 e. The third kappa shape index (κ3) is 8.30. The zero-order chi connectivity index (χ0) is 15.2. The second kappa shape index (κ2) is 7.83. The predicted molar refractivity (Wildman–Crippen MR) is 73.7 cm³/mol. The van der Waals surface area contributed by atoms with E-state index >= 15 is 0 Å². The Hall–Kier alpha value is -0.0300. The predicted octanol–water partition coefficient (Wildman–Crippen LogP) is 1.15. The fraction of sp³-hybridized carbons (Fsp3) is 1.00. The topological polar surface area (TPSA) is 61.4 Å². The molecule has 0 amide bonds. The molecule has 5 nitrogen and oxygen atoms in total. The summed E-state index contributed by atoms with van der Waals surface area (Å²) in [5.41, 5.74) is -4.33. The molecule has 0 aromatic heterocycles. The van der Waals surface area contributed by atoms with E-state index in [0.717, 1.165) is 10.8 Å². The summed E-state index contributed by atoms with van der Waals surface area (Å²) < 4.78 is 62.3. The lowest BCUT2D eigenvalue weighted by atomic mass is 10.4. The van der Waals surface area contributed by atoms with Gasteiger partial charge in [-0.25, -0.2) is 4.72 Å². The highest BCUT2D eigenvalue weighted by molar-refractivity contribution is 8.00. The molecule has 0 aromatic rings. The van der Waals surface area contributed by atoms with Gasteiger partial charge in [0, 0.05) is 31.9 Å². The second-order valence-corrected chi connectivity index (χ2v) is 7.62. The smallest absolute Gasteiger partial charge is 0.314 e. The first-order valence-electron chi connectivity index (χ1n) is 6.36. The fourth-order valence-electron chi connectivity index (χ4n) is 1.46. The van der Waals surface area contributed by atoms with Crippen LogP contribution < -0.4 is 10.0 Å². The van der Waals surface area contributed by atoms with Gasteiger partial charge in [-0.1, -0.05) is 0 Å². The molecular weight excluding hydrogens is 315 g/mol. The van der Waals surface area contributed by atoms with Gasteiger partial charge < -0.3 is 5.32 Å². The maximum Gasteiger partial charge on any atom is 0.441 e. The minimum atomic E-state index is -4.33. The van der Waals surface area contributed by atoms with Crippen molar-refractivity contribution in [2.75, 3.05) is 32.4 Å². The summed E-state index contributed by atoms with van der Waals surface area (Å²) in [6.45, 7) is 0.840. The molecule has 0 bridgehead atoms. The van der Waals surface area contributed by atoms with E-state index in [4.69, 9.17) is 0 Å². The number of rotatable bonds is 10. The van der Waals surface area contributed by atoms with Crippen LogP contribution in [0.15, 0.2) is 0 Å². The Morgan fingerprint density at radius 2 is 1.95 bits per heavy atom. The van der Waals surface area contributed by atoms with Crippen LogP contribution in [0.2, 0.25) is 0 Å². The Balaban J connectivity index is 2.13. The van der Waals surface area contributed by atoms with E-state index in [1.165, 1.54) is 19.9 Å². The largest absolute Gasteiger partial charge is 0.441 e. The van der Waals surface area contributed by atoms with Crippen molar-refractivity contribution in [2.24, 2.45) is 0 Å². The third-order valence-electron chi connectivity index (χ3n) is 2.72. The molecule has 0 aromatic carbocycles. The summed E-state index contributed by atoms with van der Waals surface area (Å²) in [6, 6.07) is 0.578. The molecule has 1 rings (SSSR count). The number of nitrogens with one attached hydrogen (secondary N) is 2. The lowest BCUT2D eigenvalue weighted by Crippen LogP contribution is -2.40. The van der Waals surface area contributed by atoms with Gasteiger partial charge in [0.1, 0.15) is 0 Å². The van der Waals surface area contributed by atoms with Crippen molar-refractivity contribution in [3.05, 3.63) is 0 Å². The summed E-state index contributed by atoms with van der Waals surface area (Å²) in [5.74, 6) is -0.334. The van der Waals surface area contributed by atoms with Gasteiger partial charge in [0.05, 0.1) is 0 Å². The van der Waals surface area contributed by atoms with Crippen LogP contribution in [-0.2, 0) is 10.2 Å². The quantitative estimate of drug-likeness (QED) is 0.588. The standard InChI is InChI=1S/C10H20F3N3O2S2/c1-16(7-2-5-14-9-3-4-9)20(17,18)15-6-8-19-10(11,12)13/h9,14-15H,2-8H2,1H3. The van der Waals surface area contributed by atoms with Gasteiger partial charge in [-0.15, -0.1) is 0 Å². The highest BCUT2D eigenvalue weighted by atomic mass is 32.2. The van der Waals surface area contributed by atoms with Gasteiger partial charge in [-0.2, -0.15) is 25.9 Å². The number of thioether (sulfide) groups is 1. The molecule has 0 heterocycles.